The first kappa shape index (κ1) is 18.7. The average Bonchev–Trinajstić information content (AvgIpc) is 3.25. The highest BCUT2D eigenvalue weighted by molar-refractivity contribution is 6.01. The summed E-state index contributed by atoms with van der Waals surface area (Å²) in [4.78, 5) is 29.0. The van der Waals surface area contributed by atoms with E-state index >= 15 is 0 Å². The van der Waals surface area contributed by atoms with E-state index in [0.29, 0.717) is 23.7 Å². The van der Waals surface area contributed by atoms with Gasteiger partial charge < -0.3 is 19.9 Å². The number of nitrogens with zero attached hydrogens (tertiary/aromatic N) is 4. The maximum Gasteiger partial charge on any atom is 0.272 e. The maximum absolute atomic E-state index is 13.4. The van der Waals surface area contributed by atoms with Gasteiger partial charge in [0.05, 0.1) is 12.5 Å². The van der Waals surface area contributed by atoms with Gasteiger partial charge in [0.15, 0.2) is 0 Å². The van der Waals surface area contributed by atoms with E-state index in [2.05, 4.69) is 20.7 Å². The molecule has 3 heterocycles. The second kappa shape index (κ2) is 7.38. The fourth-order valence-electron chi connectivity index (χ4n) is 3.06. The molecule has 0 aliphatic carbocycles. The van der Waals surface area contributed by atoms with Crippen molar-refractivity contribution in [3.63, 3.8) is 0 Å². The van der Waals surface area contributed by atoms with Crippen molar-refractivity contribution in [1.29, 1.82) is 0 Å². The highest BCUT2D eigenvalue weighted by Gasteiger charge is 2.29. The topological polar surface area (TPSA) is 103 Å². The van der Waals surface area contributed by atoms with Crippen LogP contribution < -0.4 is 15.4 Å². The third-order valence-electron chi connectivity index (χ3n) is 4.60. The van der Waals surface area contributed by atoms with Gasteiger partial charge in [0.1, 0.15) is 29.8 Å². The molecule has 2 N–H and O–H groups in total. The first-order chi connectivity index (χ1) is 13.9. The SMILES string of the molecule is Cc1cc(Cn2cnc(C(=O)N[C@H]3COc4c(cnn4C)NC3=O)c2)ccc1F. The maximum atomic E-state index is 13.4. The highest BCUT2D eigenvalue weighted by Crippen LogP contribution is 2.25. The number of halogens is 1. The van der Waals surface area contributed by atoms with Crippen LogP contribution in [0.25, 0.3) is 0 Å². The van der Waals surface area contributed by atoms with E-state index in [4.69, 9.17) is 4.74 Å². The normalized spacial score (nSPS) is 15.8. The van der Waals surface area contributed by atoms with Gasteiger partial charge >= 0.3 is 0 Å². The number of nitrogens with one attached hydrogen (secondary N) is 2. The second-order valence-electron chi connectivity index (χ2n) is 6.83. The molecule has 0 radical (unpaired) electrons. The minimum absolute atomic E-state index is 0.0281. The first-order valence-corrected chi connectivity index (χ1v) is 8.94. The molecule has 10 heteroatoms. The second-order valence-corrected chi connectivity index (χ2v) is 6.83. The van der Waals surface area contributed by atoms with Crippen LogP contribution in [0.5, 0.6) is 5.88 Å². The summed E-state index contributed by atoms with van der Waals surface area (Å²) in [6, 6.07) is 3.96. The fourth-order valence-corrected chi connectivity index (χ4v) is 3.06. The van der Waals surface area contributed by atoms with E-state index < -0.39 is 17.9 Å². The van der Waals surface area contributed by atoms with Crippen molar-refractivity contribution in [3.8, 4) is 5.88 Å². The van der Waals surface area contributed by atoms with Gasteiger partial charge in [-0.3, -0.25) is 9.59 Å². The van der Waals surface area contributed by atoms with Gasteiger partial charge in [-0.05, 0) is 24.1 Å². The smallest absolute Gasteiger partial charge is 0.272 e. The van der Waals surface area contributed by atoms with Crippen LogP contribution in [-0.2, 0) is 18.4 Å². The zero-order valence-electron chi connectivity index (χ0n) is 15.8. The van der Waals surface area contributed by atoms with Gasteiger partial charge in [-0.2, -0.15) is 5.10 Å². The predicted molar refractivity (Wildman–Crippen MR) is 101 cm³/mol. The predicted octanol–water partition coefficient (Wildman–Crippen LogP) is 1.24. The quantitative estimate of drug-likeness (QED) is 0.688. The molecule has 0 saturated carbocycles. The van der Waals surface area contributed by atoms with Crippen LogP contribution in [0.2, 0.25) is 0 Å². The van der Waals surface area contributed by atoms with E-state index in [-0.39, 0.29) is 18.1 Å². The molecule has 0 spiro atoms. The summed E-state index contributed by atoms with van der Waals surface area (Å²) in [6.07, 6.45) is 4.57. The molecule has 9 nitrogen and oxygen atoms in total. The molecule has 0 unspecified atom stereocenters. The fraction of sp³-hybridized carbons (Fsp3) is 0.263. The number of fused-ring (bicyclic) bond motifs is 1. The van der Waals surface area contributed by atoms with Crippen LogP contribution in [0.1, 0.15) is 21.6 Å². The van der Waals surface area contributed by atoms with Crippen molar-refractivity contribution < 1.29 is 18.7 Å². The largest absolute Gasteiger partial charge is 0.474 e. The lowest BCUT2D eigenvalue weighted by atomic mass is 10.1. The number of carbonyl (C=O) groups is 2. The summed E-state index contributed by atoms with van der Waals surface area (Å²) < 4.78 is 22.2. The number of benzene rings is 1. The van der Waals surface area contributed by atoms with Crippen LogP contribution in [0, 0.1) is 12.7 Å². The third-order valence-corrected chi connectivity index (χ3v) is 4.60. The van der Waals surface area contributed by atoms with Crippen LogP contribution >= 0.6 is 0 Å². The van der Waals surface area contributed by atoms with Gasteiger partial charge in [-0.1, -0.05) is 12.1 Å². The lowest BCUT2D eigenvalue weighted by Gasteiger charge is -2.14. The van der Waals surface area contributed by atoms with E-state index in [1.54, 1.807) is 36.9 Å². The molecule has 0 fully saturated rings. The summed E-state index contributed by atoms with van der Waals surface area (Å²) in [5, 5.41) is 9.32. The Morgan fingerprint density at radius 3 is 3.07 bits per heavy atom. The molecule has 2 aromatic heterocycles. The van der Waals surface area contributed by atoms with E-state index in [1.165, 1.54) is 23.3 Å². The number of anilines is 1. The molecular weight excluding hydrogens is 379 g/mol. The molecule has 3 aromatic rings. The Hall–Kier alpha value is -3.69. The Morgan fingerprint density at radius 2 is 2.28 bits per heavy atom. The summed E-state index contributed by atoms with van der Waals surface area (Å²) >= 11 is 0. The first-order valence-electron chi connectivity index (χ1n) is 8.94. The van der Waals surface area contributed by atoms with Crippen molar-refractivity contribution in [2.75, 3.05) is 11.9 Å². The van der Waals surface area contributed by atoms with Crippen molar-refractivity contribution in [2.24, 2.45) is 7.05 Å². The van der Waals surface area contributed by atoms with Crippen molar-refractivity contribution in [2.45, 2.75) is 19.5 Å². The number of aromatic nitrogens is 4. The van der Waals surface area contributed by atoms with Crippen molar-refractivity contribution >= 4 is 17.5 Å². The van der Waals surface area contributed by atoms with Gasteiger partial charge in [-0.25, -0.2) is 14.1 Å². The van der Waals surface area contributed by atoms with E-state index in [1.807, 2.05) is 0 Å². The zero-order valence-corrected chi connectivity index (χ0v) is 15.8. The number of hydrogen-bond donors (Lipinski definition) is 2. The monoisotopic (exact) mass is 398 g/mol. The van der Waals surface area contributed by atoms with Gasteiger partial charge in [0.2, 0.25) is 5.88 Å². The minimum Gasteiger partial charge on any atom is -0.474 e. The zero-order chi connectivity index (χ0) is 20.5. The number of amides is 2. The summed E-state index contributed by atoms with van der Waals surface area (Å²) in [6.45, 7) is 2.11. The standard InChI is InChI=1S/C19H19FN6O3/c1-11-5-12(3-4-13(11)20)7-26-8-15(21-10-26)17(27)24-16-9-29-19-14(23-18(16)28)6-22-25(19)2/h3-6,8,10,16H,7,9H2,1-2H3,(H,23,28)(H,24,27)/t16-/m0/s1. The van der Waals surface area contributed by atoms with Crippen LogP contribution in [0.15, 0.2) is 36.9 Å². The lowest BCUT2D eigenvalue weighted by Crippen LogP contribution is -2.46. The molecule has 1 atom stereocenters. The number of hydrogen-bond acceptors (Lipinski definition) is 5. The van der Waals surface area contributed by atoms with Gasteiger partial charge in [0, 0.05) is 19.8 Å². The Kier molecular flexibility index (Phi) is 4.75. The molecule has 4 rings (SSSR count). The highest BCUT2D eigenvalue weighted by atomic mass is 19.1. The molecule has 0 saturated heterocycles. The molecule has 2 amide bonds. The Bertz CT molecular complexity index is 1090. The molecular formula is C19H19FN6O3. The van der Waals surface area contributed by atoms with Crippen LogP contribution in [-0.4, -0.2) is 43.8 Å². The Labute approximate surface area is 165 Å². The van der Waals surface area contributed by atoms with E-state index in [0.717, 1.165) is 5.56 Å². The summed E-state index contributed by atoms with van der Waals surface area (Å²) in [7, 11) is 1.69. The summed E-state index contributed by atoms with van der Waals surface area (Å²) in [5.74, 6) is -0.728. The van der Waals surface area contributed by atoms with Crippen LogP contribution in [0.3, 0.4) is 0 Å². The molecule has 1 aromatic carbocycles. The minimum atomic E-state index is -0.875. The third kappa shape index (κ3) is 3.82. The Balaban J connectivity index is 1.41. The van der Waals surface area contributed by atoms with Crippen LogP contribution in [0.4, 0.5) is 10.1 Å². The number of rotatable bonds is 4. The number of imidazole rings is 1. The lowest BCUT2D eigenvalue weighted by molar-refractivity contribution is -0.118. The van der Waals surface area contributed by atoms with Gasteiger partial charge in [-0.15, -0.1) is 0 Å². The molecule has 1 aliphatic rings. The molecule has 0 bridgehead atoms. The number of carbonyl (C=O) groups excluding carboxylic acids is 2. The van der Waals surface area contributed by atoms with Gasteiger partial charge in [0.25, 0.3) is 11.8 Å². The van der Waals surface area contributed by atoms with Crippen molar-refractivity contribution in [3.05, 3.63) is 59.6 Å². The van der Waals surface area contributed by atoms with Crippen molar-refractivity contribution in [1.82, 2.24) is 24.6 Å². The van der Waals surface area contributed by atoms with E-state index in [9.17, 15) is 14.0 Å². The molecule has 1 aliphatic heterocycles. The average molecular weight is 398 g/mol. The summed E-state index contributed by atoms with van der Waals surface area (Å²) in [5.41, 5.74) is 2.06. The number of ether oxygens (including phenoxy) is 1. The number of aryl methyl sites for hydroxylation is 2. The molecule has 150 valence electrons. The Morgan fingerprint density at radius 1 is 1.45 bits per heavy atom. The molecule has 29 heavy (non-hydrogen) atoms.